The fourth-order valence-electron chi connectivity index (χ4n) is 1.63. The van der Waals surface area contributed by atoms with Crippen LogP contribution in [0.25, 0.3) is 11.1 Å². The Morgan fingerprint density at radius 1 is 1.00 bits per heavy atom. The minimum absolute atomic E-state index is 0.0885. The Morgan fingerprint density at radius 2 is 1.71 bits per heavy atom. The normalized spacial score (nSPS) is 10.6. The fraction of sp³-hybridized carbons (Fsp3) is 0.0769. The van der Waals surface area contributed by atoms with Crippen molar-refractivity contribution in [2.45, 2.75) is 6.92 Å². The van der Waals surface area contributed by atoms with Gasteiger partial charge in [-0.2, -0.15) is 0 Å². The predicted octanol–water partition coefficient (Wildman–Crippen LogP) is 4.81. The zero-order chi connectivity index (χ0) is 12.6. The van der Waals surface area contributed by atoms with Crippen LogP contribution in [-0.4, -0.2) is 5.11 Å². The molecule has 0 amide bonds. The molecule has 4 heteroatoms. The molecule has 0 fully saturated rings. The number of hydrogen-bond acceptors (Lipinski definition) is 1. The first-order valence-electron chi connectivity index (χ1n) is 4.93. The number of aromatic hydroxyl groups is 1. The van der Waals surface area contributed by atoms with Crippen LogP contribution in [-0.2, 0) is 0 Å². The second-order valence-electron chi connectivity index (χ2n) is 3.74. The molecular formula is C13H9Cl2FO. The van der Waals surface area contributed by atoms with Crippen molar-refractivity contribution in [2.24, 2.45) is 0 Å². The lowest BCUT2D eigenvalue weighted by Crippen LogP contribution is -1.87. The maximum absolute atomic E-state index is 13.2. The molecule has 0 aliphatic heterocycles. The molecular weight excluding hydrogens is 262 g/mol. The van der Waals surface area contributed by atoms with E-state index in [0.29, 0.717) is 16.1 Å². The van der Waals surface area contributed by atoms with Gasteiger partial charge in [-0.1, -0.05) is 29.3 Å². The van der Waals surface area contributed by atoms with Gasteiger partial charge in [0.15, 0.2) is 0 Å². The average molecular weight is 271 g/mol. The van der Waals surface area contributed by atoms with E-state index >= 15 is 0 Å². The van der Waals surface area contributed by atoms with Crippen molar-refractivity contribution < 1.29 is 9.50 Å². The van der Waals surface area contributed by atoms with Crippen molar-refractivity contribution >= 4 is 23.2 Å². The van der Waals surface area contributed by atoms with E-state index in [9.17, 15) is 9.50 Å². The third-order valence-electron chi connectivity index (χ3n) is 2.53. The van der Waals surface area contributed by atoms with Crippen LogP contribution in [0.1, 0.15) is 5.56 Å². The van der Waals surface area contributed by atoms with Crippen LogP contribution in [0.4, 0.5) is 4.39 Å². The van der Waals surface area contributed by atoms with Crippen LogP contribution < -0.4 is 0 Å². The predicted molar refractivity (Wildman–Crippen MR) is 68.3 cm³/mol. The van der Waals surface area contributed by atoms with Gasteiger partial charge in [-0.15, -0.1) is 0 Å². The molecule has 0 radical (unpaired) electrons. The summed E-state index contributed by atoms with van der Waals surface area (Å²) in [5.74, 6) is -0.430. The van der Waals surface area contributed by atoms with Crippen molar-refractivity contribution in [3.63, 3.8) is 0 Å². The SMILES string of the molecule is Cc1ccc(F)cc1-c1cc(Cl)c(O)cc1Cl. The van der Waals surface area contributed by atoms with Gasteiger partial charge in [0, 0.05) is 11.6 Å². The monoisotopic (exact) mass is 270 g/mol. The molecule has 0 bridgehead atoms. The Morgan fingerprint density at radius 3 is 2.41 bits per heavy atom. The average Bonchev–Trinajstić information content (AvgIpc) is 2.27. The topological polar surface area (TPSA) is 20.2 Å². The molecule has 1 nitrogen and oxygen atoms in total. The van der Waals surface area contributed by atoms with Crippen molar-refractivity contribution in [1.29, 1.82) is 0 Å². The van der Waals surface area contributed by atoms with Gasteiger partial charge in [-0.25, -0.2) is 4.39 Å². The summed E-state index contributed by atoms with van der Waals surface area (Å²) >= 11 is 11.8. The molecule has 0 aliphatic rings. The first-order chi connectivity index (χ1) is 7.99. The first kappa shape index (κ1) is 12.2. The molecule has 0 saturated heterocycles. The molecule has 0 aromatic heterocycles. The lowest BCUT2D eigenvalue weighted by atomic mass is 10.0. The van der Waals surface area contributed by atoms with Gasteiger partial charge in [0.1, 0.15) is 11.6 Å². The van der Waals surface area contributed by atoms with E-state index in [1.54, 1.807) is 6.07 Å². The number of phenols is 1. The summed E-state index contributed by atoms with van der Waals surface area (Å²) in [6.07, 6.45) is 0. The van der Waals surface area contributed by atoms with Crippen LogP contribution in [0.15, 0.2) is 30.3 Å². The molecule has 2 aromatic carbocycles. The smallest absolute Gasteiger partial charge is 0.135 e. The molecule has 17 heavy (non-hydrogen) atoms. The summed E-state index contributed by atoms with van der Waals surface area (Å²) in [5.41, 5.74) is 2.15. The maximum atomic E-state index is 13.2. The summed E-state index contributed by atoms with van der Waals surface area (Å²) in [6, 6.07) is 7.32. The maximum Gasteiger partial charge on any atom is 0.135 e. The van der Waals surface area contributed by atoms with Crippen LogP contribution in [0.3, 0.4) is 0 Å². The molecule has 0 spiro atoms. The Bertz CT molecular complexity index is 582. The molecule has 0 atom stereocenters. The van der Waals surface area contributed by atoms with E-state index in [-0.39, 0.29) is 16.6 Å². The first-order valence-corrected chi connectivity index (χ1v) is 5.69. The van der Waals surface area contributed by atoms with Gasteiger partial charge in [0.05, 0.1) is 10.0 Å². The van der Waals surface area contributed by atoms with E-state index in [1.807, 2.05) is 6.92 Å². The van der Waals surface area contributed by atoms with Gasteiger partial charge in [0.2, 0.25) is 0 Å². The standard InChI is InChI=1S/C13H9Cl2FO/c1-7-2-3-8(16)4-9(7)10-5-12(15)13(17)6-11(10)14/h2-6,17H,1H3. The van der Waals surface area contributed by atoms with E-state index in [4.69, 9.17) is 23.2 Å². The van der Waals surface area contributed by atoms with E-state index in [1.165, 1.54) is 24.3 Å². The van der Waals surface area contributed by atoms with Crippen molar-refractivity contribution in [3.05, 3.63) is 51.8 Å². The second-order valence-corrected chi connectivity index (χ2v) is 4.56. The van der Waals surface area contributed by atoms with Crippen LogP contribution in [0.5, 0.6) is 5.75 Å². The Balaban J connectivity index is 2.68. The van der Waals surface area contributed by atoms with Crippen molar-refractivity contribution in [2.75, 3.05) is 0 Å². The van der Waals surface area contributed by atoms with Gasteiger partial charge < -0.3 is 5.11 Å². The Hall–Kier alpha value is -1.25. The van der Waals surface area contributed by atoms with E-state index in [2.05, 4.69) is 0 Å². The number of hydrogen-bond donors (Lipinski definition) is 1. The summed E-state index contributed by atoms with van der Waals surface area (Å²) in [6.45, 7) is 1.85. The highest BCUT2D eigenvalue weighted by atomic mass is 35.5. The lowest BCUT2D eigenvalue weighted by Gasteiger charge is -2.09. The second kappa shape index (κ2) is 4.55. The molecule has 0 aliphatic carbocycles. The highest BCUT2D eigenvalue weighted by Crippen LogP contribution is 2.37. The number of benzene rings is 2. The zero-order valence-corrected chi connectivity index (χ0v) is 10.5. The van der Waals surface area contributed by atoms with E-state index in [0.717, 1.165) is 5.56 Å². The van der Waals surface area contributed by atoms with Gasteiger partial charge in [-0.05, 0) is 36.2 Å². The largest absolute Gasteiger partial charge is 0.506 e. The third kappa shape index (κ3) is 2.38. The summed E-state index contributed by atoms with van der Waals surface area (Å²) in [5, 5.41) is 9.93. The molecule has 0 saturated carbocycles. The highest BCUT2D eigenvalue weighted by molar-refractivity contribution is 6.36. The molecule has 88 valence electrons. The van der Waals surface area contributed by atoms with E-state index < -0.39 is 0 Å². The summed E-state index contributed by atoms with van der Waals surface area (Å²) in [4.78, 5) is 0. The molecule has 2 rings (SSSR count). The van der Waals surface area contributed by atoms with Gasteiger partial charge >= 0.3 is 0 Å². The minimum Gasteiger partial charge on any atom is -0.506 e. The minimum atomic E-state index is -0.342. The molecule has 0 unspecified atom stereocenters. The van der Waals surface area contributed by atoms with Crippen molar-refractivity contribution in [1.82, 2.24) is 0 Å². The number of aryl methyl sites for hydroxylation is 1. The lowest BCUT2D eigenvalue weighted by molar-refractivity contribution is 0.475. The summed E-state index contributed by atoms with van der Waals surface area (Å²) < 4.78 is 13.2. The van der Waals surface area contributed by atoms with Crippen LogP contribution >= 0.6 is 23.2 Å². The quantitative estimate of drug-likeness (QED) is 0.788. The summed E-state index contributed by atoms with van der Waals surface area (Å²) in [7, 11) is 0. The Labute approximate surface area is 108 Å². The van der Waals surface area contributed by atoms with Gasteiger partial charge in [-0.3, -0.25) is 0 Å². The number of phenolic OH excluding ortho intramolecular Hbond substituents is 1. The van der Waals surface area contributed by atoms with Crippen LogP contribution in [0.2, 0.25) is 10.0 Å². The number of rotatable bonds is 1. The third-order valence-corrected chi connectivity index (χ3v) is 3.14. The Kier molecular flexibility index (Phi) is 3.27. The zero-order valence-electron chi connectivity index (χ0n) is 8.97. The van der Waals surface area contributed by atoms with Crippen molar-refractivity contribution in [3.8, 4) is 16.9 Å². The fourth-order valence-corrected chi connectivity index (χ4v) is 2.05. The molecule has 2 aromatic rings. The molecule has 1 N–H and O–H groups in total. The number of halogens is 3. The molecule has 0 heterocycles. The highest BCUT2D eigenvalue weighted by Gasteiger charge is 2.11. The van der Waals surface area contributed by atoms with Crippen LogP contribution in [0, 0.1) is 12.7 Å². The van der Waals surface area contributed by atoms with Gasteiger partial charge in [0.25, 0.3) is 0 Å².